The lowest BCUT2D eigenvalue weighted by atomic mass is 10.2. The molecule has 0 aliphatic heterocycles. The van der Waals surface area contributed by atoms with Gasteiger partial charge in [-0.15, -0.1) is 24.0 Å². The Kier molecular flexibility index (Phi) is 9.46. The first-order valence-corrected chi connectivity index (χ1v) is 9.47. The number of benzene rings is 2. The van der Waals surface area contributed by atoms with Crippen LogP contribution in [0.15, 0.2) is 65.8 Å². The molecule has 0 radical (unpaired) electrons. The highest BCUT2D eigenvalue weighted by molar-refractivity contribution is 14.0. The van der Waals surface area contributed by atoms with Gasteiger partial charge in [-0.3, -0.25) is 4.99 Å². The highest BCUT2D eigenvalue weighted by Crippen LogP contribution is 2.18. The summed E-state index contributed by atoms with van der Waals surface area (Å²) in [6.07, 6.45) is 1.86. The molecule has 160 valence electrons. The first-order chi connectivity index (χ1) is 14.2. The number of aromatic amines is 1. The number of nitrogens with one attached hydrogen (secondary N) is 2. The van der Waals surface area contributed by atoms with Crippen LogP contribution >= 0.6 is 24.0 Å². The van der Waals surface area contributed by atoms with Crippen molar-refractivity contribution in [1.29, 1.82) is 0 Å². The second-order valence-corrected chi connectivity index (χ2v) is 6.47. The minimum atomic E-state index is 0. The van der Waals surface area contributed by atoms with Crippen LogP contribution in [0.2, 0.25) is 0 Å². The highest BCUT2D eigenvalue weighted by Gasteiger charge is 2.10. The summed E-state index contributed by atoms with van der Waals surface area (Å²) in [7, 11) is 5.38. The Hall–Kier alpha value is -2.75. The van der Waals surface area contributed by atoms with Crippen molar-refractivity contribution in [2.24, 2.45) is 4.99 Å². The van der Waals surface area contributed by atoms with Gasteiger partial charge in [0.25, 0.3) is 0 Å². The third kappa shape index (κ3) is 6.65. The van der Waals surface area contributed by atoms with Gasteiger partial charge in [0.1, 0.15) is 23.9 Å². The van der Waals surface area contributed by atoms with E-state index in [2.05, 4.69) is 32.4 Å². The number of aromatic nitrogens is 2. The van der Waals surface area contributed by atoms with Crippen LogP contribution < -0.4 is 14.8 Å². The van der Waals surface area contributed by atoms with Gasteiger partial charge in [-0.25, -0.2) is 4.98 Å². The number of ether oxygens (including phenoxy) is 2. The Bertz CT molecular complexity index is 930. The molecular weight excluding hydrogens is 493 g/mol. The van der Waals surface area contributed by atoms with Crippen molar-refractivity contribution in [3.05, 3.63) is 66.6 Å². The Morgan fingerprint density at radius 2 is 1.90 bits per heavy atom. The number of guanidine groups is 1. The molecule has 3 aromatic rings. The van der Waals surface area contributed by atoms with Crippen LogP contribution in [0.5, 0.6) is 11.5 Å². The number of imidazole rings is 1. The predicted molar refractivity (Wildman–Crippen MR) is 131 cm³/mol. The van der Waals surface area contributed by atoms with Gasteiger partial charge in [-0.2, -0.15) is 0 Å². The first-order valence-electron chi connectivity index (χ1n) is 9.47. The SMILES string of the molecule is CN=C(NCCOc1cccc(OC)c1)N(C)Cc1ncc(-c2ccccc2)[nH]1.I. The Morgan fingerprint density at radius 3 is 2.63 bits per heavy atom. The predicted octanol–water partition coefficient (Wildman–Crippen LogP) is 3.79. The van der Waals surface area contributed by atoms with E-state index in [1.165, 1.54) is 0 Å². The van der Waals surface area contributed by atoms with Gasteiger partial charge >= 0.3 is 0 Å². The molecule has 0 saturated carbocycles. The third-order valence-electron chi connectivity index (χ3n) is 4.37. The molecule has 0 aliphatic rings. The molecule has 0 unspecified atom stereocenters. The number of H-pyrrole nitrogens is 1. The number of hydrogen-bond acceptors (Lipinski definition) is 4. The molecule has 1 aromatic heterocycles. The monoisotopic (exact) mass is 521 g/mol. The van der Waals surface area contributed by atoms with E-state index in [9.17, 15) is 0 Å². The molecule has 3 rings (SSSR count). The lowest BCUT2D eigenvalue weighted by Crippen LogP contribution is -2.40. The Balaban J connectivity index is 0.00000320. The van der Waals surface area contributed by atoms with E-state index >= 15 is 0 Å². The molecule has 2 aromatic carbocycles. The van der Waals surface area contributed by atoms with Crippen LogP contribution in [0.25, 0.3) is 11.3 Å². The van der Waals surface area contributed by atoms with E-state index in [-0.39, 0.29) is 24.0 Å². The van der Waals surface area contributed by atoms with Crippen LogP contribution in [0, 0.1) is 0 Å². The standard InChI is InChI=1S/C22H27N5O2.HI/c1-23-22(24-12-13-29-19-11-7-10-18(14-19)28-3)27(2)16-21-25-15-20(26-21)17-8-5-4-6-9-17;/h4-11,14-15H,12-13,16H2,1-3H3,(H,23,24)(H,25,26);1H. The van der Waals surface area contributed by atoms with Gasteiger partial charge in [0.2, 0.25) is 0 Å². The van der Waals surface area contributed by atoms with Crippen LogP contribution in [-0.4, -0.2) is 55.2 Å². The summed E-state index contributed by atoms with van der Waals surface area (Å²) >= 11 is 0. The Morgan fingerprint density at radius 1 is 1.13 bits per heavy atom. The summed E-state index contributed by atoms with van der Waals surface area (Å²) in [6, 6.07) is 17.7. The second-order valence-electron chi connectivity index (χ2n) is 6.47. The van der Waals surface area contributed by atoms with Crippen molar-refractivity contribution in [2.45, 2.75) is 6.54 Å². The summed E-state index contributed by atoms with van der Waals surface area (Å²) < 4.78 is 11.0. The van der Waals surface area contributed by atoms with Crippen LogP contribution in [0.4, 0.5) is 0 Å². The fourth-order valence-corrected chi connectivity index (χ4v) is 2.91. The van der Waals surface area contributed by atoms with Gasteiger partial charge in [-0.1, -0.05) is 36.4 Å². The summed E-state index contributed by atoms with van der Waals surface area (Å²) in [5, 5.41) is 3.30. The average molecular weight is 521 g/mol. The lowest BCUT2D eigenvalue weighted by molar-refractivity contribution is 0.316. The number of hydrogen-bond donors (Lipinski definition) is 2. The molecule has 30 heavy (non-hydrogen) atoms. The maximum atomic E-state index is 5.76. The summed E-state index contributed by atoms with van der Waals surface area (Å²) in [5.74, 6) is 3.21. The van der Waals surface area contributed by atoms with Crippen LogP contribution in [0.3, 0.4) is 0 Å². The molecule has 0 atom stereocenters. The summed E-state index contributed by atoms with van der Waals surface area (Å²) in [5.41, 5.74) is 2.12. The van der Waals surface area contributed by atoms with E-state index in [4.69, 9.17) is 9.47 Å². The fourth-order valence-electron chi connectivity index (χ4n) is 2.91. The topological polar surface area (TPSA) is 74.8 Å². The van der Waals surface area contributed by atoms with E-state index in [1.54, 1.807) is 14.2 Å². The zero-order valence-electron chi connectivity index (χ0n) is 17.5. The van der Waals surface area contributed by atoms with Gasteiger partial charge in [0.05, 0.1) is 32.1 Å². The fraction of sp³-hybridized carbons (Fsp3) is 0.273. The molecule has 1 heterocycles. The van der Waals surface area contributed by atoms with E-state index in [0.29, 0.717) is 19.7 Å². The van der Waals surface area contributed by atoms with Crippen molar-refractivity contribution in [1.82, 2.24) is 20.2 Å². The minimum Gasteiger partial charge on any atom is -0.497 e. The molecular formula is C22H28IN5O2. The maximum absolute atomic E-state index is 5.76. The quantitative estimate of drug-likeness (QED) is 0.204. The first kappa shape index (κ1) is 23.5. The second kappa shape index (κ2) is 12.1. The van der Waals surface area contributed by atoms with E-state index < -0.39 is 0 Å². The molecule has 0 spiro atoms. The van der Waals surface area contributed by atoms with Crippen molar-refractivity contribution < 1.29 is 9.47 Å². The van der Waals surface area contributed by atoms with Crippen molar-refractivity contribution >= 4 is 29.9 Å². The van der Waals surface area contributed by atoms with Crippen LogP contribution in [0.1, 0.15) is 5.82 Å². The van der Waals surface area contributed by atoms with Crippen LogP contribution in [-0.2, 0) is 6.54 Å². The van der Waals surface area contributed by atoms with Crippen molar-refractivity contribution in [3.63, 3.8) is 0 Å². The molecule has 0 fully saturated rings. The zero-order valence-corrected chi connectivity index (χ0v) is 19.8. The molecule has 0 saturated heterocycles. The molecule has 7 nitrogen and oxygen atoms in total. The van der Waals surface area contributed by atoms with Crippen molar-refractivity contribution in [3.8, 4) is 22.8 Å². The minimum absolute atomic E-state index is 0. The molecule has 0 amide bonds. The largest absolute Gasteiger partial charge is 0.497 e. The van der Waals surface area contributed by atoms with E-state index in [0.717, 1.165) is 34.5 Å². The zero-order chi connectivity index (χ0) is 20.5. The average Bonchev–Trinajstić information content (AvgIpc) is 3.23. The van der Waals surface area contributed by atoms with Gasteiger partial charge in [-0.05, 0) is 17.7 Å². The number of rotatable bonds is 8. The number of halogens is 1. The summed E-state index contributed by atoms with van der Waals surface area (Å²) in [6.45, 7) is 1.75. The van der Waals surface area contributed by atoms with Gasteiger partial charge in [0.15, 0.2) is 5.96 Å². The number of aliphatic imine (C=N–C) groups is 1. The molecule has 2 N–H and O–H groups in total. The number of methoxy groups -OCH3 is 1. The Labute approximate surface area is 194 Å². The van der Waals surface area contributed by atoms with E-state index in [1.807, 2.05) is 60.6 Å². The van der Waals surface area contributed by atoms with Gasteiger partial charge < -0.3 is 24.7 Å². The highest BCUT2D eigenvalue weighted by atomic mass is 127. The third-order valence-corrected chi connectivity index (χ3v) is 4.37. The van der Waals surface area contributed by atoms with Gasteiger partial charge in [0, 0.05) is 20.2 Å². The maximum Gasteiger partial charge on any atom is 0.193 e. The normalized spacial score (nSPS) is 10.8. The molecule has 0 bridgehead atoms. The lowest BCUT2D eigenvalue weighted by Gasteiger charge is -2.21. The molecule has 0 aliphatic carbocycles. The van der Waals surface area contributed by atoms with Crippen molar-refractivity contribution in [2.75, 3.05) is 34.4 Å². The summed E-state index contributed by atoms with van der Waals surface area (Å²) in [4.78, 5) is 14.2. The smallest absolute Gasteiger partial charge is 0.193 e. The number of nitrogens with zero attached hydrogens (tertiary/aromatic N) is 3. The molecule has 8 heteroatoms.